The lowest BCUT2D eigenvalue weighted by molar-refractivity contribution is -0.384. The molecule has 0 aliphatic heterocycles. The molecule has 0 spiro atoms. The van der Waals surface area contributed by atoms with E-state index < -0.39 is 10.8 Å². The number of aliphatic hydroxyl groups excluding tert-OH is 1. The van der Waals surface area contributed by atoms with E-state index in [2.05, 4.69) is 5.32 Å². The summed E-state index contributed by atoms with van der Waals surface area (Å²) in [6.07, 6.45) is 1.76. The van der Waals surface area contributed by atoms with E-state index in [4.69, 9.17) is 5.11 Å². The van der Waals surface area contributed by atoms with Gasteiger partial charge in [-0.15, -0.1) is 0 Å². The van der Waals surface area contributed by atoms with Crippen molar-refractivity contribution in [1.82, 2.24) is 4.90 Å². The molecule has 21 heavy (non-hydrogen) atoms. The van der Waals surface area contributed by atoms with Crippen LogP contribution >= 0.6 is 0 Å². The third-order valence-corrected chi connectivity index (χ3v) is 3.41. The number of carbonyl (C=O) groups is 1. The molecule has 0 bridgehead atoms. The molecule has 7 heteroatoms. The van der Waals surface area contributed by atoms with Gasteiger partial charge in [0, 0.05) is 19.1 Å². The summed E-state index contributed by atoms with van der Waals surface area (Å²) in [7, 11) is 0. The number of nitrogens with one attached hydrogen (secondary N) is 1. The van der Waals surface area contributed by atoms with Crippen molar-refractivity contribution in [2.45, 2.75) is 25.8 Å². The van der Waals surface area contributed by atoms with Gasteiger partial charge in [-0.25, -0.2) is 0 Å². The summed E-state index contributed by atoms with van der Waals surface area (Å²) < 4.78 is 0. The maximum absolute atomic E-state index is 12.6. The number of amides is 1. The van der Waals surface area contributed by atoms with Crippen molar-refractivity contribution in [3.8, 4) is 0 Å². The van der Waals surface area contributed by atoms with E-state index in [-0.39, 0.29) is 30.4 Å². The number of hydrogen-bond donors (Lipinski definition) is 2. The minimum Gasteiger partial charge on any atom is -0.395 e. The van der Waals surface area contributed by atoms with Crippen LogP contribution in [0.4, 0.5) is 11.4 Å². The van der Waals surface area contributed by atoms with Crippen molar-refractivity contribution in [3.63, 3.8) is 0 Å². The zero-order chi connectivity index (χ0) is 15.4. The van der Waals surface area contributed by atoms with Crippen LogP contribution in [0, 0.1) is 10.1 Å². The van der Waals surface area contributed by atoms with Crippen molar-refractivity contribution in [2.75, 3.05) is 25.0 Å². The highest BCUT2D eigenvalue weighted by atomic mass is 16.6. The Morgan fingerprint density at radius 3 is 2.76 bits per heavy atom. The molecule has 0 atom stereocenters. The molecular weight excluding hydrogens is 274 g/mol. The molecule has 114 valence electrons. The normalized spacial score (nSPS) is 13.8. The van der Waals surface area contributed by atoms with Gasteiger partial charge in [0.25, 0.3) is 5.91 Å². The molecule has 0 heterocycles. The third kappa shape index (κ3) is 3.30. The first kappa shape index (κ1) is 15.2. The first-order chi connectivity index (χ1) is 10.1. The fourth-order valence-electron chi connectivity index (χ4n) is 2.34. The van der Waals surface area contributed by atoms with Gasteiger partial charge < -0.3 is 15.3 Å². The number of nitro benzene ring substituents is 1. The van der Waals surface area contributed by atoms with Gasteiger partial charge >= 0.3 is 5.69 Å². The van der Waals surface area contributed by atoms with Gasteiger partial charge in [0.2, 0.25) is 0 Å². The van der Waals surface area contributed by atoms with Gasteiger partial charge in [-0.1, -0.05) is 6.07 Å². The number of nitro groups is 1. The van der Waals surface area contributed by atoms with Gasteiger partial charge in [0.15, 0.2) is 0 Å². The summed E-state index contributed by atoms with van der Waals surface area (Å²) in [6, 6.07) is 4.77. The van der Waals surface area contributed by atoms with Crippen LogP contribution in [0.15, 0.2) is 18.2 Å². The van der Waals surface area contributed by atoms with Crippen LogP contribution < -0.4 is 5.32 Å². The van der Waals surface area contributed by atoms with E-state index in [1.807, 2.05) is 6.92 Å². The number of para-hydroxylation sites is 1. The van der Waals surface area contributed by atoms with E-state index in [0.717, 1.165) is 12.8 Å². The maximum Gasteiger partial charge on any atom is 0.305 e. The van der Waals surface area contributed by atoms with Crippen molar-refractivity contribution in [1.29, 1.82) is 0 Å². The minimum atomic E-state index is -0.532. The van der Waals surface area contributed by atoms with Crippen LogP contribution in [0.5, 0.6) is 0 Å². The van der Waals surface area contributed by atoms with Crippen LogP contribution in [-0.2, 0) is 0 Å². The molecule has 1 aromatic rings. The minimum absolute atomic E-state index is 0.0683. The van der Waals surface area contributed by atoms with Crippen LogP contribution in [0.25, 0.3) is 0 Å². The van der Waals surface area contributed by atoms with Crippen LogP contribution in [0.1, 0.15) is 30.1 Å². The zero-order valence-corrected chi connectivity index (χ0v) is 11.9. The zero-order valence-electron chi connectivity index (χ0n) is 11.9. The Morgan fingerprint density at radius 1 is 1.52 bits per heavy atom. The number of carbonyl (C=O) groups excluding carboxylic acids is 1. The van der Waals surface area contributed by atoms with Crippen LogP contribution in [-0.4, -0.2) is 46.6 Å². The van der Waals surface area contributed by atoms with Gasteiger partial charge in [0.05, 0.1) is 11.5 Å². The van der Waals surface area contributed by atoms with E-state index in [0.29, 0.717) is 12.2 Å². The lowest BCUT2D eigenvalue weighted by Gasteiger charge is -2.21. The Balaban J connectivity index is 2.39. The molecule has 2 rings (SSSR count). The molecule has 1 fully saturated rings. The highest BCUT2D eigenvalue weighted by Gasteiger charge is 2.35. The van der Waals surface area contributed by atoms with Crippen LogP contribution in [0.3, 0.4) is 0 Å². The number of rotatable bonds is 7. The number of anilines is 1. The van der Waals surface area contributed by atoms with Crippen molar-refractivity contribution in [2.24, 2.45) is 0 Å². The lowest BCUT2D eigenvalue weighted by atomic mass is 10.1. The topological polar surface area (TPSA) is 95.7 Å². The molecule has 0 saturated heterocycles. The second-order valence-corrected chi connectivity index (χ2v) is 4.94. The van der Waals surface area contributed by atoms with E-state index >= 15 is 0 Å². The standard InChI is InChI=1S/C14H19N3O4/c1-2-15-12-5-3-4-11(13(12)17(20)21)14(19)16(8-9-18)10-6-7-10/h3-5,10,15,18H,2,6-9H2,1H3. The SMILES string of the molecule is CCNc1cccc(C(=O)N(CCO)C2CC2)c1[N+](=O)[O-]. The van der Waals surface area contributed by atoms with Crippen molar-refractivity contribution in [3.05, 3.63) is 33.9 Å². The van der Waals surface area contributed by atoms with Gasteiger partial charge in [-0.2, -0.15) is 0 Å². The fourth-order valence-corrected chi connectivity index (χ4v) is 2.34. The summed E-state index contributed by atoms with van der Waals surface area (Å²) in [6.45, 7) is 2.41. The van der Waals surface area contributed by atoms with Gasteiger partial charge in [0.1, 0.15) is 11.3 Å². The predicted molar refractivity (Wildman–Crippen MR) is 78.4 cm³/mol. The molecule has 1 aliphatic rings. The summed E-state index contributed by atoms with van der Waals surface area (Å²) in [5, 5.41) is 23.3. The highest BCUT2D eigenvalue weighted by Crippen LogP contribution is 2.33. The molecule has 0 unspecified atom stereocenters. The monoisotopic (exact) mass is 293 g/mol. The van der Waals surface area contributed by atoms with E-state index in [9.17, 15) is 14.9 Å². The molecule has 0 radical (unpaired) electrons. The quantitative estimate of drug-likeness (QED) is 0.588. The summed E-state index contributed by atoms with van der Waals surface area (Å²) in [5.74, 6) is -0.391. The van der Waals surface area contributed by atoms with Crippen molar-refractivity contribution >= 4 is 17.3 Å². The van der Waals surface area contributed by atoms with Gasteiger partial charge in [-0.3, -0.25) is 14.9 Å². The Bertz CT molecular complexity index is 543. The summed E-state index contributed by atoms with van der Waals surface area (Å²) in [4.78, 5) is 24.9. The largest absolute Gasteiger partial charge is 0.395 e. The Kier molecular flexibility index (Phi) is 4.74. The lowest BCUT2D eigenvalue weighted by Crippen LogP contribution is -2.35. The van der Waals surface area contributed by atoms with E-state index in [1.54, 1.807) is 12.1 Å². The smallest absolute Gasteiger partial charge is 0.305 e. The van der Waals surface area contributed by atoms with Gasteiger partial charge in [-0.05, 0) is 31.9 Å². The number of hydrogen-bond acceptors (Lipinski definition) is 5. The average molecular weight is 293 g/mol. The molecule has 1 aromatic carbocycles. The summed E-state index contributed by atoms with van der Waals surface area (Å²) in [5.41, 5.74) is 0.208. The van der Waals surface area contributed by atoms with E-state index in [1.165, 1.54) is 11.0 Å². The molecule has 7 nitrogen and oxygen atoms in total. The summed E-state index contributed by atoms with van der Waals surface area (Å²) >= 11 is 0. The number of nitrogens with zero attached hydrogens (tertiary/aromatic N) is 2. The Hall–Kier alpha value is -2.15. The molecular formula is C14H19N3O4. The molecule has 1 saturated carbocycles. The molecule has 1 amide bonds. The fraction of sp³-hybridized carbons (Fsp3) is 0.500. The third-order valence-electron chi connectivity index (χ3n) is 3.41. The first-order valence-electron chi connectivity index (χ1n) is 7.03. The average Bonchev–Trinajstić information content (AvgIpc) is 3.28. The molecule has 1 aliphatic carbocycles. The number of benzene rings is 1. The Labute approximate surface area is 122 Å². The molecule has 2 N–H and O–H groups in total. The highest BCUT2D eigenvalue weighted by molar-refractivity contribution is 6.00. The Morgan fingerprint density at radius 2 is 2.24 bits per heavy atom. The second kappa shape index (κ2) is 6.53. The van der Waals surface area contributed by atoms with Crippen LogP contribution in [0.2, 0.25) is 0 Å². The molecule has 0 aromatic heterocycles. The number of aliphatic hydroxyl groups is 1. The predicted octanol–water partition coefficient (Wildman–Crippen LogP) is 1.62. The maximum atomic E-state index is 12.6. The second-order valence-electron chi connectivity index (χ2n) is 4.94. The van der Waals surface area contributed by atoms with Crippen molar-refractivity contribution < 1.29 is 14.8 Å². The first-order valence-corrected chi connectivity index (χ1v) is 7.03.